The Morgan fingerprint density at radius 1 is 1.14 bits per heavy atom. The first kappa shape index (κ1) is 13.2. The van der Waals surface area contributed by atoms with Crippen molar-refractivity contribution < 1.29 is 0 Å². The van der Waals surface area contributed by atoms with Gasteiger partial charge in [0, 0.05) is 0 Å². The van der Waals surface area contributed by atoms with Crippen LogP contribution in [-0.4, -0.2) is 0 Å². The molecule has 0 N–H and O–H groups in total. The van der Waals surface area contributed by atoms with Crippen molar-refractivity contribution in [2.75, 3.05) is 0 Å². The smallest absolute Gasteiger partial charge is 0.0106 e. The van der Waals surface area contributed by atoms with Crippen LogP contribution in [-0.2, 0) is 5.41 Å². The van der Waals surface area contributed by atoms with E-state index >= 15 is 0 Å². The number of rotatable bonds is 2. The predicted molar refractivity (Wildman–Crippen MR) is 65.8 cm³/mol. The van der Waals surface area contributed by atoms with E-state index in [4.69, 9.17) is 0 Å². The minimum Gasteiger partial charge on any atom is -0.0683 e. The highest BCUT2D eigenvalue weighted by Gasteiger charge is 2.17. The van der Waals surface area contributed by atoms with Crippen LogP contribution in [0.3, 0.4) is 0 Å². The zero-order valence-electron chi connectivity index (χ0n) is 10.5. The van der Waals surface area contributed by atoms with Crippen molar-refractivity contribution in [2.45, 2.75) is 53.4 Å². The van der Waals surface area contributed by atoms with Crippen LogP contribution in [0.1, 0.15) is 52.2 Å². The molecule has 0 saturated heterocycles. The van der Waals surface area contributed by atoms with Crippen LogP contribution in [0.15, 0.2) is 24.3 Å². The fraction of sp³-hybridized carbons (Fsp3) is 0.571. The summed E-state index contributed by atoms with van der Waals surface area (Å²) >= 11 is 0. The summed E-state index contributed by atoms with van der Waals surface area (Å²) < 4.78 is 0. The van der Waals surface area contributed by atoms with Crippen LogP contribution < -0.4 is 0 Å². The molecule has 0 amide bonds. The van der Waals surface area contributed by atoms with Gasteiger partial charge < -0.3 is 0 Å². The van der Waals surface area contributed by atoms with Gasteiger partial charge in [-0.25, -0.2) is 0 Å². The molecule has 0 heteroatoms. The van der Waals surface area contributed by atoms with E-state index in [0.29, 0.717) is 5.41 Å². The van der Waals surface area contributed by atoms with Gasteiger partial charge in [-0.15, -0.1) is 0 Å². The minimum absolute atomic E-state index is 0.325. The molecule has 0 heterocycles. The van der Waals surface area contributed by atoms with E-state index in [0.717, 1.165) is 0 Å². The molecule has 1 rings (SSSR count). The van der Waals surface area contributed by atoms with E-state index in [1.165, 1.54) is 17.5 Å². The van der Waals surface area contributed by atoms with Crippen molar-refractivity contribution in [1.29, 1.82) is 0 Å². The van der Waals surface area contributed by atoms with Crippen LogP contribution in [0.2, 0.25) is 0 Å². The quantitative estimate of drug-likeness (QED) is 0.636. The Hall–Kier alpha value is -0.780. The van der Waals surface area contributed by atoms with Gasteiger partial charge in [-0.05, 0) is 24.3 Å². The number of hydrogen-bond donors (Lipinski definition) is 0. The van der Waals surface area contributed by atoms with Crippen LogP contribution in [0.4, 0.5) is 0 Å². The molecule has 0 radical (unpaired) electrons. The highest BCUT2D eigenvalue weighted by molar-refractivity contribution is 5.28. The molecule has 14 heavy (non-hydrogen) atoms. The fourth-order valence-corrected chi connectivity index (χ4v) is 1.27. The SMILES string of the molecule is CC.CCC(C)(C)c1cccc(C)c1. The molecule has 1 aromatic rings. The summed E-state index contributed by atoms with van der Waals surface area (Å²) in [5, 5.41) is 0. The van der Waals surface area contributed by atoms with E-state index < -0.39 is 0 Å². The molecule has 0 nitrogen and oxygen atoms in total. The maximum Gasteiger partial charge on any atom is -0.0106 e. The average molecular weight is 192 g/mol. The number of hydrogen-bond acceptors (Lipinski definition) is 0. The van der Waals surface area contributed by atoms with Crippen molar-refractivity contribution in [3.05, 3.63) is 35.4 Å². The summed E-state index contributed by atoms with van der Waals surface area (Å²) in [6.07, 6.45) is 1.19. The zero-order chi connectivity index (χ0) is 11.2. The predicted octanol–water partition coefficient (Wildman–Crippen LogP) is 4.71. The molecular weight excluding hydrogens is 168 g/mol. The van der Waals surface area contributed by atoms with Crippen molar-refractivity contribution in [3.63, 3.8) is 0 Å². The molecule has 0 unspecified atom stereocenters. The van der Waals surface area contributed by atoms with Gasteiger partial charge >= 0.3 is 0 Å². The molecule has 0 aliphatic heterocycles. The highest BCUT2D eigenvalue weighted by Crippen LogP contribution is 2.26. The molecule has 1 aromatic carbocycles. The molecule has 0 spiro atoms. The third kappa shape index (κ3) is 3.53. The van der Waals surface area contributed by atoms with Crippen molar-refractivity contribution in [3.8, 4) is 0 Å². The van der Waals surface area contributed by atoms with Crippen LogP contribution >= 0.6 is 0 Å². The summed E-state index contributed by atoms with van der Waals surface area (Å²) in [6, 6.07) is 8.79. The van der Waals surface area contributed by atoms with E-state index in [-0.39, 0.29) is 0 Å². The van der Waals surface area contributed by atoms with Crippen molar-refractivity contribution >= 4 is 0 Å². The Kier molecular flexibility index (Phi) is 5.52. The lowest BCUT2D eigenvalue weighted by atomic mass is 9.82. The van der Waals surface area contributed by atoms with E-state index in [2.05, 4.69) is 52.0 Å². The van der Waals surface area contributed by atoms with E-state index in [9.17, 15) is 0 Å². The normalized spacial score (nSPS) is 10.4. The molecule has 0 aromatic heterocycles. The summed E-state index contributed by atoms with van der Waals surface area (Å²) in [6.45, 7) is 13.0. The first-order valence-corrected chi connectivity index (χ1v) is 5.63. The second-order valence-corrected chi connectivity index (χ2v) is 4.11. The molecule has 0 aliphatic rings. The largest absolute Gasteiger partial charge is 0.0683 e. The summed E-state index contributed by atoms with van der Waals surface area (Å²) in [5.41, 5.74) is 3.13. The molecule has 0 bridgehead atoms. The van der Waals surface area contributed by atoms with Gasteiger partial charge in [0.2, 0.25) is 0 Å². The van der Waals surface area contributed by atoms with Crippen LogP contribution in [0, 0.1) is 6.92 Å². The second kappa shape index (κ2) is 5.85. The fourth-order valence-electron chi connectivity index (χ4n) is 1.27. The zero-order valence-corrected chi connectivity index (χ0v) is 10.5. The highest BCUT2D eigenvalue weighted by atomic mass is 14.2. The summed E-state index contributed by atoms with van der Waals surface area (Å²) in [5.74, 6) is 0. The lowest BCUT2D eigenvalue weighted by molar-refractivity contribution is 0.506. The lowest BCUT2D eigenvalue weighted by Gasteiger charge is -2.23. The standard InChI is InChI=1S/C12H18.C2H6/c1-5-12(3,4)11-8-6-7-10(2)9-11;1-2/h6-9H,5H2,1-4H3;1-2H3. The Labute approximate surface area is 89.4 Å². The third-order valence-electron chi connectivity index (χ3n) is 2.68. The third-order valence-corrected chi connectivity index (χ3v) is 2.68. The number of benzene rings is 1. The Morgan fingerprint density at radius 2 is 1.71 bits per heavy atom. The van der Waals surface area contributed by atoms with Gasteiger partial charge in [0.05, 0.1) is 0 Å². The summed E-state index contributed by atoms with van der Waals surface area (Å²) in [7, 11) is 0. The molecule has 80 valence electrons. The van der Waals surface area contributed by atoms with Gasteiger partial charge in [-0.1, -0.05) is 64.4 Å². The van der Waals surface area contributed by atoms with Crippen molar-refractivity contribution in [1.82, 2.24) is 0 Å². The first-order chi connectivity index (χ1) is 6.56. The van der Waals surface area contributed by atoms with E-state index in [1.807, 2.05) is 13.8 Å². The van der Waals surface area contributed by atoms with Gasteiger partial charge in [-0.3, -0.25) is 0 Å². The maximum absolute atomic E-state index is 2.29. The van der Waals surface area contributed by atoms with Gasteiger partial charge in [-0.2, -0.15) is 0 Å². The van der Waals surface area contributed by atoms with Gasteiger partial charge in [0.25, 0.3) is 0 Å². The van der Waals surface area contributed by atoms with Gasteiger partial charge in [0.15, 0.2) is 0 Å². The molecule has 0 atom stereocenters. The maximum atomic E-state index is 2.29. The van der Waals surface area contributed by atoms with Crippen molar-refractivity contribution in [2.24, 2.45) is 0 Å². The Bertz CT molecular complexity index is 258. The van der Waals surface area contributed by atoms with Gasteiger partial charge in [0.1, 0.15) is 0 Å². The van der Waals surface area contributed by atoms with E-state index in [1.54, 1.807) is 0 Å². The lowest BCUT2D eigenvalue weighted by Crippen LogP contribution is -2.15. The Morgan fingerprint density at radius 3 is 2.14 bits per heavy atom. The molecular formula is C14H24. The minimum atomic E-state index is 0.325. The molecule has 0 saturated carbocycles. The first-order valence-electron chi connectivity index (χ1n) is 5.63. The second-order valence-electron chi connectivity index (χ2n) is 4.11. The van der Waals surface area contributed by atoms with Crippen LogP contribution in [0.5, 0.6) is 0 Å². The number of aryl methyl sites for hydroxylation is 1. The summed E-state index contributed by atoms with van der Waals surface area (Å²) in [4.78, 5) is 0. The Balaban J connectivity index is 0.000000791. The molecule has 0 fully saturated rings. The average Bonchev–Trinajstić information content (AvgIpc) is 2.21. The molecule has 0 aliphatic carbocycles. The van der Waals surface area contributed by atoms with Crippen LogP contribution in [0.25, 0.3) is 0 Å². The monoisotopic (exact) mass is 192 g/mol. The topological polar surface area (TPSA) is 0 Å².